The number of carbonyl (C=O) groups excluding carboxylic acids is 1. The van der Waals surface area contributed by atoms with Crippen LogP contribution in [0, 0.1) is 5.92 Å². The maximum absolute atomic E-state index is 13.2. The van der Waals surface area contributed by atoms with Crippen molar-refractivity contribution in [1.82, 2.24) is 14.7 Å². The lowest BCUT2D eigenvalue weighted by Gasteiger charge is -2.20. The summed E-state index contributed by atoms with van der Waals surface area (Å²) in [5.41, 5.74) is 9.29. The average Bonchev–Trinajstić information content (AvgIpc) is 3.29. The number of amides is 1. The highest BCUT2D eigenvalue weighted by atomic mass is 35.5. The topological polar surface area (TPSA) is 64.2 Å². The number of halogens is 3. The third-order valence-electron chi connectivity index (χ3n) is 5.53. The second kappa shape index (κ2) is 8.00. The zero-order valence-electron chi connectivity index (χ0n) is 15.1. The van der Waals surface area contributed by atoms with Crippen molar-refractivity contribution in [3.8, 4) is 5.69 Å². The van der Waals surface area contributed by atoms with Crippen molar-refractivity contribution in [1.29, 1.82) is 0 Å². The summed E-state index contributed by atoms with van der Waals surface area (Å²) in [6, 6.07) is 5.55. The van der Waals surface area contributed by atoms with E-state index < -0.39 is 0 Å². The Morgan fingerprint density at radius 3 is 2.78 bits per heavy atom. The highest BCUT2D eigenvalue weighted by molar-refractivity contribution is 6.35. The van der Waals surface area contributed by atoms with Crippen molar-refractivity contribution in [3.63, 3.8) is 0 Å². The molecule has 0 radical (unpaired) electrons. The summed E-state index contributed by atoms with van der Waals surface area (Å²) in [6.45, 7) is 3.40. The van der Waals surface area contributed by atoms with Gasteiger partial charge in [0.2, 0.25) is 0 Å². The van der Waals surface area contributed by atoms with Crippen LogP contribution < -0.4 is 5.73 Å². The number of likely N-dealkylation sites (tertiary alicyclic amines) is 1. The van der Waals surface area contributed by atoms with Gasteiger partial charge in [-0.3, -0.25) is 4.79 Å². The molecule has 8 heteroatoms. The van der Waals surface area contributed by atoms with Crippen molar-refractivity contribution in [2.24, 2.45) is 11.7 Å². The third kappa shape index (κ3) is 3.58. The number of nitrogens with two attached hydrogens (primary N) is 1. The van der Waals surface area contributed by atoms with E-state index in [0.717, 1.165) is 42.6 Å². The minimum absolute atomic E-state index is 0. The van der Waals surface area contributed by atoms with Crippen LogP contribution in [-0.2, 0) is 12.8 Å². The quantitative estimate of drug-likeness (QED) is 0.805. The van der Waals surface area contributed by atoms with Crippen molar-refractivity contribution < 1.29 is 4.79 Å². The van der Waals surface area contributed by atoms with E-state index in [4.69, 9.17) is 28.9 Å². The normalized spacial score (nSPS) is 21.3. The van der Waals surface area contributed by atoms with Gasteiger partial charge < -0.3 is 10.6 Å². The van der Waals surface area contributed by atoms with Crippen molar-refractivity contribution in [2.75, 3.05) is 13.1 Å². The second-order valence-electron chi connectivity index (χ2n) is 7.28. The van der Waals surface area contributed by atoms with Gasteiger partial charge in [0.25, 0.3) is 5.91 Å². The highest BCUT2D eigenvalue weighted by Gasteiger charge is 2.36. The van der Waals surface area contributed by atoms with E-state index in [1.54, 1.807) is 12.1 Å². The molecule has 0 spiro atoms. The maximum Gasteiger partial charge on any atom is 0.274 e. The molecule has 0 bridgehead atoms. The molecule has 1 aliphatic carbocycles. The molecule has 0 saturated carbocycles. The smallest absolute Gasteiger partial charge is 0.274 e. The van der Waals surface area contributed by atoms with Crippen LogP contribution in [0.4, 0.5) is 0 Å². The monoisotopic (exact) mass is 428 g/mol. The molecule has 1 amide bonds. The SMILES string of the molecule is CC1CC(CN)CN1C(=O)c1nn(-c2ccc(Cl)cc2Cl)c2c1CCC2.Cl. The first-order valence-corrected chi connectivity index (χ1v) is 9.82. The van der Waals surface area contributed by atoms with Crippen molar-refractivity contribution in [3.05, 3.63) is 45.2 Å². The van der Waals surface area contributed by atoms with E-state index >= 15 is 0 Å². The van der Waals surface area contributed by atoms with Gasteiger partial charge in [0.1, 0.15) is 0 Å². The predicted molar refractivity (Wildman–Crippen MR) is 111 cm³/mol. The van der Waals surface area contributed by atoms with Gasteiger partial charge in [-0.1, -0.05) is 23.2 Å². The van der Waals surface area contributed by atoms with Crippen LogP contribution in [0.1, 0.15) is 41.5 Å². The molecular weight excluding hydrogens is 407 g/mol. The highest BCUT2D eigenvalue weighted by Crippen LogP contribution is 2.33. The van der Waals surface area contributed by atoms with E-state index in [1.165, 1.54) is 0 Å². The summed E-state index contributed by atoms with van der Waals surface area (Å²) in [6.07, 6.45) is 3.76. The molecule has 1 aromatic carbocycles. The lowest BCUT2D eigenvalue weighted by Crippen LogP contribution is -2.35. The van der Waals surface area contributed by atoms with Gasteiger partial charge in [-0.05, 0) is 63.3 Å². The Balaban J connectivity index is 0.00000210. The molecule has 2 aliphatic rings. The van der Waals surface area contributed by atoms with Crippen LogP contribution in [0.25, 0.3) is 5.69 Å². The van der Waals surface area contributed by atoms with Gasteiger partial charge >= 0.3 is 0 Å². The minimum Gasteiger partial charge on any atom is -0.334 e. The first kappa shape index (κ1) is 20.5. The second-order valence-corrected chi connectivity index (χ2v) is 8.12. The zero-order chi connectivity index (χ0) is 18.4. The molecule has 1 fully saturated rings. The number of aromatic nitrogens is 2. The molecule has 2 aromatic rings. The standard InChI is InChI=1S/C19H22Cl2N4O.ClH/c1-11-7-12(9-22)10-24(11)19(26)18-14-3-2-4-16(14)25(23-18)17-6-5-13(20)8-15(17)21;/h5-6,8,11-12H,2-4,7,9-10,22H2,1H3;1H. The molecule has 5 nitrogen and oxygen atoms in total. The van der Waals surface area contributed by atoms with Gasteiger partial charge in [-0.25, -0.2) is 4.68 Å². The van der Waals surface area contributed by atoms with Gasteiger partial charge in [0.15, 0.2) is 5.69 Å². The van der Waals surface area contributed by atoms with Gasteiger partial charge in [-0.2, -0.15) is 5.10 Å². The number of hydrogen-bond donors (Lipinski definition) is 1. The van der Waals surface area contributed by atoms with Crippen LogP contribution in [0.15, 0.2) is 18.2 Å². The molecule has 1 saturated heterocycles. The lowest BCUT2D eigenvalue weighted by molar-refractivity contribution is 0.0736. The molecule has 4 rings (SSSR count). The fraction of sp³-hybridized carbons (Fsp3) is 0.474. The van der Waals surface area contributed by atoms with Crippen molar-refractivity contribution >= 4 is 41.5 Å². The van der Waals surface area contributed by atoms with Crippen LogP contribution in [0.5, 0.6) is 0 Å². The Morgan fingerprint density at radius 1 is 1.33 bits per heavy atom. The van der Waals surface area contributed by atoms with E-state index in [-0.39, 0.29) is 24.4 Å². The minimum atomic E-state index is 0. The summed E-state index contributed by atoms with van der Waals surface area (Å²) >= 11 is 12.4. The first-order valence-electron chi connectivity index (χ1n) is 9.06. The summed E-state index contributed by atoms with van der Waals surface area (Å²) in [5, 5.41) is 5.80. The molecule has 27 heavy (non-hydrogen) atoms. The van der Waals surface area contributed by atoms with Gasteiger partial charge in [0.05, 0.1) is 10.7 Å². The largest absolute Gasteiger partial charge is 0.334 e. The van der Waals surface area contributed by atoms with Crippen LogP contribution in [0.2, 0.25) is 10.0 Å². The summed E-state index contributed by atoms with van der Waals surface area (Å²) in [4.78, 5) is 15.1. The number of benzene rings is 1. The Bertz CT molecular complexity index is 867. The van der Waals surface area contributed by atoms with Gasteiger partial charge in [-0.15, -0.1) is 12.4 Å². The molecule has 1 aliphatic heterocycles. The molecule has 2 N–H and O–H groups in total. The third-order valence-corrected chi connectivity index (χ3v) is 6.06. The number of nitrogens with zero attached hydrogens (tertiary/aromatic N) is 3. The Hall–Kier alpha value is -1.27. The zero-order valence-corrected chi connectivity index (χ0v) is 17.4. The number of fused-ring (bicyclic) bond motifs is 1. The Kier molecular flexibility index (Phi) is 6.06. The first-order chi connectivity index (χ1) is 12.5. The van der Waals surface area contributed by atoms with E-state index in [9.17, 15) is 4.79 Å². The van der Waals surface area contributed by atoms with Crippen LogP contribution >= 0.6 is 35.6 Å². The van der Waals surface area contributed by atoms with E-state index in [0.29, 0.717) is 34.7 Å². The average molecular weight is 430 g/mol. The van der Waals surface area contributed by atoms with E-state index in [1.807, 2.05) is 15.6 Å². The fourth-order valence-electron chi connectivity index (χ4n) is 4.19. The molecule has 2 atom stereocenters. The predicted octanol–water partition coefficient (Wildman–Crippen LogP) is 3.90. The molecular formula is C19H23Cl3N4O. The molecule has 2 heterocycles. The molecule has 1 aromatic heterocycles. The lowest BCUT2D eigenvalue weighted by atomic mass is 10.1. The Morgan fingerprint density at radius 2 is 2.11 bits per heavy atom. The summed E-state index contributed by atoms with van der Waals surface area (Å²) in [7, 11) is 0. The van der Waals surface area contributed by atoms with Gasteiger partial charge in [0, 0.05) is 28.9 Å². The van der Waals surface area contributed by atoms with Crippen molar-refractivity contribution in [2.45, 2.75) is 38.6 Å². The number of hydrogen-bond acceptors (Lipinski definition) is 3. The fourth-order valence-corrected chi connectivity index (χ4v) is 4.68. The van der Waals surface area contributed by atoms with E-state index in [2.05, 4.69) is 12.0 Å². The maximum atomic E-state index is 13.2. The number of carbonyl (C=O) groups is 1. The summed E-state index contributed by atoms with van der Waals surface area (Å²) in [5.74, 6) is 0.380. The van der Waals surface area contributed by atoms with Crippen LogP contribution in [-0.4, -0.2) is 39.7 Å². The molecule has 146 valence electrons. The number of rotatable bonds is 3. The van der Waals surface area contributed by atoms with Crippen LogP contribution in [0.3, 0.4) is 0 Å². The summed E-state index contributed by atoms with van der Waals surface area (Å²) < 4.78 is 1.83. The molecule has 2 unspecified atom stereocenters. The Labute approximate surface area is 175 Å².